The van der Waals surface area contributed by atoms with E-state index in [1.807, 2.05) is 30.3 Å². The number of nitrogens with one attached hydrogen (secondary N) is 1. The van der Waals surface area contributed by atoms with Crippen molar-refractivity contribution < 1.29 is 33.8 Å². The van der Waals surface area contributed by atoms with Crippen LogP contribution in [0.4, 0.5) is 10.5 Å². The average molecular weight is 513 g/mol. The predicted octanol–water partition coefficient (Wildman–Crippen LogP) is 1.75. The minimum atomic E-state index is -1.15. The summed E-state index contributed by atoms with van der Waals surface area (Å²) >= 11 is 0. The van der Waals surface area contributed by atoms with E-state index in [-0.39, 0.29) is 18.9 Å². The molecule has 3 amide bonds. The van der Waals surface area contributed by atoms with Gasteiger partial charge in [-0.05, 0) is 24.3 Å². The van der Waals surface area contributed by atoms with Crippen LogP contribution in [0.25, 0.3) is 0 Å². The summed E-state index contributed by atoms with van der Waals surface area (Å²) in [5.74, 6) is -1.11. The zero-order valence-corrected chi connectivity index (χ0v) is 20.9. The summed E-state index contributed by atoms with van der Waals surface area (Å²) in [5.41, 5.74) is 2.73. The van der Waals surface area contributed by atoms with Crippen LogP contribution in [0.15, 0.2) is 54.6 Å². The number of piperazine rings is 1. The zero-order chi connectivity index (χ0) is 26.4. The van der Waals surface area contributed by atoms with Crippen molar-refractivity contribution in [1.82, 2.24) is 15.3 Å². The van der Waals surface area contributed by atoms with Gasteiger partial charge in [-0.25, -0.2) is 10.3 Å². The number of amides is 3. The first-order valence-electron chi connectivity index (χ1n) is 12.1. The average Bonchev–Trinajstić information content (AvgIpc) is 2.96. The molecule has 2 fully saturated rings. The highest BCUT2D eigenvalue weighted by atomic mass is 16.5. The van der Waals surface area contributed by atoms with Gasteiger partial charge in [0.25, 0.3) is 0 Å². The first-order valence-corrected chi connectivity index (χ1v) is 12.1. The van der Waals surface area contributed by atoms with Crippen LogP contribution in [0.2, 0.25) is 0 Å². The lowest BCUT2D eigenvalue weighted by Crippen LogP contribution is -2.64. The van der Waals surface area contributed by atoms with E-state index in [4.69, 9.17) is 14.2 Å². The monoisotopic (exact) mass is 512 g/mol. The van der Waals surface area contributed by atoms with E-state index >= 15 is 0 Å². The number of ether oxygens (including phenoxy) is 3. The van der Waals surface area contributed by atoms with Crippen molar-refractivity contribution in [3.63, 3.8) is 0 Å². The lowest BCUT2D eigenvalue weighted by molar-refractivity contribution is -0.151. The number of para-hydroxylation sites is 1. The van der Waals surface area contributed by atoms with Crippen LogP contribution in [0, 0.1) is 5.92 Å². The van der Waals surface area contributed by atoms with Crippen LogP contribution in [0.3, 0.4) is 0 Å². The number of nitrogens with zero attached hydrogens (tertiary/aromatic N) is 3. The number of piperidine rings is 1. The third-order valence-corrected chi connectivity index (χ3v) is 6.80. The van der Waals surface area contributed by atoms with Crippen molar-refractivity contribution in [3.8, 4) is 11.5 Å². The topological polar surface area (TPSA) is 121 Å². The van der Waals surface area contributed by atoms with Gasteiger partial charge in [0.1, 0.15) is 23.6 Å². The standard InChI is InChI=1S/C26H32N4O7/c1-35-19-9-6-10-20(15-19)37-21-16-22(24(31)27-34)23(30(17-21)26(33)36-2)25(32)29-13-11-28(12-14-29)18-7-4-3-5-8-18/h3-10,15,21-23,34H,11-14,16-17H2,1-2H3,(H,27,31)/t21-,22-,23-/m0/s1. The number of hydrogen-bond donors (Lipinski definition) is 2. The molecule has 2 aromatic carbocycles. The summed E-state index contributed by atoms with van der Waals surface area (Å²) in [5, 5.41) is 9.46. The maximum Gasteiger partial charge on any atom is 0.410 e. The number of benzene rings is 2. The molecule has 11 nitrogen and oxygen atoms in total. The molecule has 0 spiro atoms. The normalized spacial score (nSPS) is 21.7. The van der Waals surface area contributed by atoms with Gasteiger partial charge in [-0.1, -0.05) is 24.3 Å². The molecule has 3 atom stereocenters. The van der Waals surface area contributed by atoms with Crippen molar-refractivity contribution in [1.29, 1.82) is 0 Å². The maximum atomic E-state index is 13.7. The molecule has 0 aliphatic carbocycles. The summed E-state index contributed by atoms with van der Waals surface area (Å²) < 4.78 is 16.3. The molecule has 2 N–H and O–H groups in total. The second-order valence-electron chi connectivity index (χ2n) is 8.95. The SMILES string of the molecule is COC(=O)N1C[C@@H](Oc2cccc(OC)c2)C[C@H](C(=O)NO)[C@H]1C(=O)N1CCN(c2ccccc2)CC1. The molecule has 11 heteroatoms. The molecule has 37 heavy (non-hydrogen) atoms. The first kappa shape index (κ1) is 26.1. The molecule has 2 aliphatic heterocycles. The third-order valence-electron chi connectivity index (χ3n) is 6.80. The first-order chi connectivity index (χ1) is 17.9. The van der Waals surface area contributed by atoms with Crippen molar-refractivity contribution >= 4 is 23.6 Å². The van der Waals surface area contributed by atoms with Crippen LogP contribution >= 0.6 is 0 Å². The van der Waals surface area contributed by atoms with Crippen molar-refractivity contribution in [2.75, 3.05) is 51.8 Å². The Morgan fingerprint density at radius 3 is 2.30 bits per heavy atom. The smallest absolute Gasteiger partial charge is 0.410 e. The number of hydrogen-bond acceptors (Lipinski definition) is 8. The van der Waals surface area contributed by atoms with Crippen LogP contribution in [0.5, 0.6) is 11.5 Å². The molecule has 4 rings (SSSR count). The zero-order valence-electron chi connectivity index (χ0n) is 20.9. The molecule has 2 aliphatic rings. The Kier molecular flexibility index (Phi) is 8.34. The van der Waals surface area contributed by atoms with Crippen LogP contribution in [-0.2, 0) is 14.3 Å². The van der Waals surface area contributed by atoms with E-state index in [9.17, 15) is 19.6 Å². The number of methoxy groups -OCH3 is 2. The molecule has 2 heterocycles. The fraction of sp³-hybridized carbons (Fsp3) is 0.423. The molecule has 0 saturated carbocycles. The van der Waals surface area contributed by atoms with Crippen molar-refractivity contribution in [3.05, 3.63) is 54.6 Å². The summed E-state index contributed by atoms with van der Waals surface area (Å²) in [6, 6.07) is 15.7. The Morgan fingerprint density at radius 2 is 1.65 bits per heavy atom. The summed E-state index contributed by atoms with van der Waals surface area (Å²) in [6.45, 7) is 2.10. The van der Waals surface area contributed by atoms with Gasteiger partial charge >= 0.3 is 6.09 Å². The van der Waals surface area contributed by atoms with E-state index in [0.29, 0.717) is 37.7 Å². The fourth-order valence-corrected chi connectivity index (χ4v) is 4.94. The van der Waals surface area contributed by atoms with E-state index in [1.165, 1.54) is 19.1 Å². The molecule has 2 aromatic rings. The Balaban J connectivity index is 1.53. The predicted molar refractivity (Wildman–Crippen MR) is 134 cm³/mol. The molecule has 0 unspecified atom stereocenters. The van der Waals surface area contributed by atoms with Gasteiger partial charge in [0.15, 0.2) is 0 Å². The highest BCUT2D eigenvalue weighted by Gasteiger charge is 2.49. The lowest BCUT2D eigenvalue weighted by atomic mass is 9.86. The van der Waals surface area contributed by atoms with E-state index < -0.39 is 30.1 Å². The number of likely N-dealkylation sites (tertiary alicyclic amines) is 1. The van der Waals surface area contributed by atoms with Gasteiger partial charge in [-0.2, -0.15) is 0 Å². The Bertz CT molecular complexity index is 1070. The highest BCUT2D eigenvalue weighted by molar-refractivity contribution is 5.92. The van der Waals surface area contributed by atoms with Crippen LogP contribution < -0.4 is 19.9 Å². The third kappa shape index (κ3) is 5.88. The van der Waals surface area contributed by atoms with Gasteiger partial charge in [0, 0.05) is 44.4 Å². The van der Waals surface area contributed by atoms with Gasteiger partial charge < -0.3 is 24.0 Å². The number of rotatable bonds is 6. The quantitative estimate of drug-likeness (QED) is 0.444. The Hall–Kier alpha value is -3.99. The number of carbonyl (C=O) groups is 3. The van der Waals surface area contributed by atoms with Gasteiger partial charge in [-0.3, -0.25) is 19.7 Å². The highest BCUT2D eigenvalue weighted by Crippen LogP contribution is 2.31. The Labute approximate surface area is 215 Å². The Morgan fingerprint density at radius 1 is 0.946 bits per heavy atom. The second kappa shape index (κ2) is 11.8. The second-order valence-corrected chi connectivity index (χ2v) is 8.95. The molecule has 0 bridgehead atoms. The van der Waals surface area contributed by atoms with Crippen LogP contribution in [0.1, 0.15) is 6.42 Å². The maximum absolute atomic E-state index is 13.7. The van der Waals surface area contributed by atoms with E-state index in [2.05, 4.69) is 4.90 Å². The van der Waals surface area contributed by atoms with Gasteiger partial charge in [0.05, 0.1) is 26.7 Å². The summed E-state index contributed by atoms with van der Waals surface area (Å²) in [7, 11) is 2.76. The van der Waals surface area contributed by atoms with E-state index in [1.54, 1.807) is 34.6 Å². The fourth-order valence-electron chi connectivity index (χ4n) is 4.94. The van der Waals surface area contributed by atoms with Gasteiger partial charge in [0.2, 0.25) is 11.8 Å². The van der Waals surface area contributed by atoms with E-state index in [0.717, 1.165) is 5.69 Å². The minimum Gasteiger partial charge on any atom is -0.497 e. The number of carbonyl (C=O) groups excluding carboxylic acids is 3. The molecule has 0 radical (unpaired) electrons. The van der Waals surface area contributed by atoms with Crippen molar-refractivity contribution in [2.45, 2.75) is 18.6 Å². The van der Waals surface area contributed by atoms with Gasteiger partial charge in [-0.15, -0.1) is 0 Å². The summed E-state index contributed by atoms with van der Waals surface area (Å²) in [4.78, 5) is 44.4. The molecule has 2 saturated heterocycles. The number of anilines is 1. The van der Waals surface area contributed by atoms with Crippen molar-refractivity contribution in [2.24, 2.45) is 5.92 Å². The molecular weight excluding hydrogens is 480 g/mol. The summed E-state index contributed by atoms with van der Waals surface area (Å²) in [6.07, 6.45) is -1.28. The van der Waals surface area contributed by atoms with Crippen LogP contribution in [-0.4, -0.2) is 92.0 Å². The number of hydroxylamine groups is 1. The minimum absolute atomic E-state index is 0.0273. The lowest BCUT2D eigenvalue weighted by Gasteiger charge is -2.45. The molecule has 198 valence electrons. The molecule has 0 aromatic heterocycles. The largest absolute Gasteiger partial charge is 0.497 e. The molecular formula is C26H32N4O7.